The second kappa shape index (κ2) is 8.24. The quantitative estimate of drug-likeness (QED) is 0.677. The van der Waals surface area contributed by atoms with Crippen molar-refractivity contribution in [2.45, 2.75) is 39.0 Å². The summed E-state index contributed by atoms with van der Waals surface area (Å²) in [5, 5.41) is 7.44. The maximum absolute atomic E-state index is 5.62. The molecule has 0 aliphatic heterocycles. The van der Waals surface area contributed by atoms with Crippen LogP contribution >= 0.6 is 0 Å². The summed E-state index contributed by atoms with van der Waals surface area (Å²) in [4.78, 5) is 0. The summed E-state index contributed by atoms with van der Waals surface area (Å²) >= 11 is 0. The number of nitrogens with zero attached hydrogens (tertiary/aromatic N) is 2. The van der Waals surface area contributed by atoms with Gasteiger partial charge in [0.05, 0.1) is 12.2 Å². The normalized spacial score (nSPS) is 13.2. The van der Waals surface area contributed by atoms with Gasteiger partial charge in [-0.05, 0) is 39.3 Å². The van der Waals surface area contributed by atoms with Crippen molar-refractivity contribution in [1.82, 2.24) is 15.1 Å². The average Bonchev–Trinajstić information content (AvgIpc) is 2.76. The largest absolute Gasteiger partial charge is 0.351 e. The molecule has 1 aromatic rings. The van der Waals surface area contributed by atoms with Gasteiger partial charge in [-0.1, -0.05) is 0 Å². The van der Waals surface area contributed by atoms with E-state index in [0.717, 1.165) is 12.8 Å². The number of likely N-dealkylation sites (N-methyl/N-ethyl adjacent to an activating group) is 1. The van der Waals surface area contributed by atoms with Gasteiger partial charge in [0.1, 0.15) is 0 Å². The zero-order chi connectivity index (χ0) is 13.4. The molecule has 0 saturated heterocycles. The van der Waals surface area contributed by atoms with Gasteiger partial charge in [0.2, 0.25) is 0 Å². The summed E-state index contributed by atoms with van der Waals surface area (Å²) in [5.74, 6) is 0. The van der Waals surface area contributed by atoms with Crippen LogP contribution in [-0.2, 0) is 22.9 Å². The molecular weight excluding hydrogens is 230 g/mol. The summed E-state index contributed by atoms with van der Waals surface area (Å²) in [6, 6.07) is 0.199. The average molecular weight is 255 g/mol. The fraction of sp³-hybridized carbons (Fsp3) is 0.769. The molecule has 0 spiro atoms. The van der Waals surface area contributed by atoms with Crippen LogP contribution in [0, 0.1) is 0 Å². The lowest BCUT2D eigenvalue weighted by atomic mass is 10.1. The van der Waals surface area contributed by atoms with E-state index < -0.39 is 0 Å². The van der Waals surface area contributed by atoms with Gasteiger partial charge in [0, 0.05) is 26.5 Å². The van der Waals surface area contributed by atoms with Crippen molar-refractivity contribution in [3.8, 4) is 0 Å². The van der Waals surface area contributed by atoms with Crippen molar-refractivity contribution in [2.24, 2.45) is 7.05 Å². The van der Waals surface area contributed by atoms with Gasteiger partial charge in [-0.25, -0.2) is 0 Å². The van der Waals surface area contributed by atoms with E-state index in [2.05, 4.69) is 10.4 Å². The molecule has 0 amide bonds. The number of aromatic nitrogens is 2. The fourth-order valence-electron chi connectivity index (χ4n) is 1.95. The number of nitrogens with one attached hydrogen (secondary N) is 1. The molecule has 1 rings (SSSR count). The van der Waals surface area contributed by atoms with Crippen LogP contribution in [0.15, 0.2) is 12.4 Å². The molecule has 0 radical (unpaired) electrons. The molecule has 0 aliphatic carbocycles. The lowest BCUT2D eigenvalue weighted by molar-refractivity contribution is -0.153. The van der Waals surface area contributed by atoms with Crippen LogP contribution in [0.2, 0.25) is 0 Å². The van der Waals surface area contributed by atoms with E-state index in [0.29, 0.717) is 13.2 Å². The maximum Gasteiger partial charge on any atom is 0.172 e. The van der Waals surface area contributed by atoms with Crippen molar-refractivity contribution in [2.75, 3.05) is 20.3 Å². The highest BCUT2D eigenvalue weighted by molar-refractivity contribution is 5.04. The van der Waals surface area contributed by atoms with Crippen LogP contribution in [0.3, 0.4) is 0 Å². The summed E-state index contributed by atoms with van der Waals surface area (Å²) in [6.07, 6.45) is 5.70. The Morgan fingerprint density at radius 1 is 1.33 bits per heavy atom. The van der Waals surface area contributed by atoms with Crippen molar-refractivity contribution in [3.63, 3.8) is 0 Å². The van der Waals surface area contributed by atoms with Gasteiger partial charge in [-0.3, -0.25) is 4.68 Å². The first-order valence-electron chi connectivity index (χ1n) is 6.59. The van der Waals surface area contributed by atoms with E-state index in [1.807, 2.05) is 45.0 Å². The second-order valence-electron chi connectivity index (χ2n) is 4.24. The molecule has 1 N–H and O–H groups in total. The van der Waals surface area contributed by atoms with E-state index in [1.54, 1.807) is 0 Å². The Hall–Kier alpha value is -0.910. The number of hydrogen-bond acceptors (Lipinski definition) is 4. The van der Waals surface area contributed by atoms with E-state index >= 15 is 0 Å². The molecule has 104 valence electrons. The number of ether oxygens (including phenoxy) is 2. The van der Waals surface area contributed by atoms with Crippen LogP contribution in [0.25, 0.3) is 0 Å². The second-order valence-corrected chi connectivity index (χ2v) is 4.24. The van der Waals surface area contributed by atoms with Crippen LogP contribution in [0.1, 0.15) is 25.8 Å². The maximum atomic E-state index is 5.62. The molecule has 0 aliphatic rings. The van der Waals surface area contributed by atoms with Crippen molar-refractivity contribution < 1.29 is 9.47 Å². The van der Waals surface area contributed by atoms with Crippen molar-refractivity contribution in [3.05, 3.63) is 18.0 Å². The molecule has 1 heterocycles. The van der Waals surface area contributed by atoms with Gasteiger partial charge in [0.25, 0.3) is 0 Å². The summed E-state index contributed by atoms with van der Waals surface area (Å²) < 4.78 is 13.1. The molecule has 0 aromatic carbocycles. The molecule has 1 atom stereocenters. The first kappa shape index (κ1) is 15.1. The first-order valence-corrected chi connectivity index (χ1v) is 6.59. The minimum atomic E-state index is -0.179. The molecule has 1 unspecified atom stereocenters. The molecule has 0 bridgehead atoms. The van der Waals surface area contributed by atoms with Crippen LogP contribution < -0.4 is 5.32 Å². The zero-order valence-electron chi connectivity index (χ0n) is 11.8. The number of rotatable bonds is 9. The standard InChI is InChI=1S/C13H25N3O2/c1-5-17-13(18-6-2)12(14-3)8-7-11-9-15-16(4)10-11/h9-10,12-14H,5-8H2,1-4H3. The summed E-state index contributed by atoms with van der Waals surface area (Å²) in [5.41, 5.74) is 1.24. The predicted molar refractivity (Wildman–Crippen MR) is 71.4 cm³/mol. The third kappa shape index (κ3) is 4.76. The van der Waals surface area contributed by atoms with Crippen molar-refractivity contribution >= 4 is 0 Å². The Morgan fingerprint density at radius 2 is 2.00 bits per heavy atom. The lowest BCUT2D eigenvalue weighted by Gasteiger charge is -2.26. The monoisotopic (exact) mass is 255 g/mol. The molecule has 0 saturated carbocycles. The third-order valence-electron chi connectivity index (χ3n) is 2.86. The molecule has 0 fully saturated rings. The SMILES string of the molecule is CCOC(OCC)C(CCc1cnn(C)c1)NC. The van der Waals surface area contributed by atoms with Crippen LogP contribution in [-0.4, -0.2) is 42.4 Å². The van der Waals surface area contributed by atoms with Gasteiger partial charge in [-0.15, -0.1) is 0 Å². The Bertz CT molecular complexity index is 322. The van der Waals surface area contributed by atoms with Crippen LogP contribution in [0.5, 0.6) is 0 Å². The van der Waals surface area contributed by atoms with E-state index in [4.69, 9.17) is 9.47 Å². The van der Waals surface area contributed by atoms with Gasteiger partial charge >= 0.3 is 0 Å². The fourth-order valence-corrected chi connectivity index (χ4v) is 1.95. The molecule has 5 nitrogen and oxygen atoms in total. The van der Waals surface area contributed by atoms with Gasteiger partial charge < -0.3 is 14.8 Å². The van der Waals surface area contributed by atoms with E-state index in [-0.39, 0.29) is 12.3 Å². The van der Waals surface area contributed by atoms with Crippen molar-refractivity contribution in [1.29, 1.82) is 0 Å². The van der Waals surface area contributed by atoms with Crippen LogP contribution in [0.4, 0.5) is 0 Å². The first-order chi connectivity index (χ1) is 8.71. The summed E-state index contributed by atoms with van der Waals surface area (Å²) in [6.45, 7) is 5.30. The molecule has 1 aromatic heterocycles. The Balaban J connectivity index is 2.48. The van der Waals surface area contributed by atoms with E-state index in [1.165, 1.54) is 5.56 Å². The smallest absolute Gasteiger partial charge is 0.172 e. The zero-order valence-corrected chi connectivity index (χ0v) is 11.8. The highest BCUT2D eigenvalue weighted by atomic mass is 16.7. The molecule has 18 heavy (non-hydrogen) atoms. The molecule has 5 heteroatoms. The highest BCUT2D eigenvalue weighted by Crippen LogP contribution is 2.10. The lowest BCUT2D eigenvalue weighted by Crippen LogP contribution is -2.41. The van der Waals surface area contributed by atoms with Gasteiger partial charge in [-0.2, -0.15) is 5.10 Å². The minimum Gasteiger partial charge on any atom is -0.351 e. The Labute approximate surface area is 109 Å². The highest BCUT2D eigenvalue weighted by Gasteiger charge is 2.20. The van der Waals surface area contributed by atoms with E-state index in [9.17, 15) is 0 Å². The topological polar surface area (TPSA) is 48.3 Å². The molecular formula is C13H25N3O2. The van der Waals surface area contributed by atoms with Gasteiger partial charge in [0.15, 0.2) is 6.29 Å². The Morgan fingerprint density at radius 3 is 2.44 bits per heavy atom. The summed E-state index contributed by atoms with van der Waals surface area (Å²) in [7, 11) is 3.88. The number of aryl methyl sites for hydroxylation is 2. The minimum absolute atomic E-state index is 0.179. The Kier molecular flexibility index (Phi) is 6.93. The number of hydrogen-bond donors (Lipinski definition) is 1. The third-order valence-corrected chi connectivity index (χ3v) is 2.86. The predicted octanol–water partition coefficient (Wildman–Crippen LogP) is 1.34.